The maximum absolute atomic E-state index is 11.8. The Hall–Kier alpha value is -1.11. The third-order valence-electron chi connectivity index (χ3n) is 4.39. The number of carbonyl (C=O) groups is 2. The van der Waals surface area contributed by atoms with E-state index in [0.29, 0.717) is 24.6 Å². The number of hydrogen-bond acceptors (Lipinski definition) is 3. The van der Waals surface area contributed by atoms with Gasteiger partial charge in [0, 0.05) is 35.4 Å². The van der Waals surface area contributed by atoms with Crippen LogP contribution in [0.5, 0.6) is 0 Å². The van der Waals surface area contributed by atoms with Crippen LogP contribution in [0.25, 0.3) is 0 Å². The van der Waals surface area contributed by atoms with Crippen LogP contribution < -0.4 is 10.6 Å². The lowest BCUT2D eigenvalue weighted by molar-refractivity contribution is -0.144. The van der Waals surface area contributed by atoms with Crippen LogP contribution in [0.4, 0.5) is 4.79 Å². The number of amides is 2. The van der Waals surface area contributed by atoms with E-state index >= 15 is 0 Å². The highest BCUT2D eigenvalue weighted by molar-refractivity contribution is 7.84. The summed E-state index contributed by atoms with van der Waals surface area (Å²) in [5.41, 5.74) is 0. The molecule has 0 saturated heterocycles. The highest BCUT2D eigenvalue weighted by Crippen LogP contribution is 2.48. The van der Waals surface area contributed by atoms with E-state index in [4.69, 9.17) is 0 Å². The maximum atomic E-state index is 11.8. The number of aliphatic carboxylic acids is 1. The molecule has 7 heteroatoms. The number of fused-ring (bicyclic) bond motifs is 2. The largest absolute Gasteiger partial charge is 0.481 e. The number of carboxylic acid groups (broad SMARTS) is 1. The fraction of sp³-hybridized carbons (Fsp3) is 0.846. The van der Waals surface area contributed by atoms with Crippen molar-refractivity contribution in [3.63, 3.8) is 0 Å². The van der Waals surface area contributed by atoms with Gasteiger partial charge in [0.2, 0.25) is 0 Å². The zero-order valence-electron chi connectivity index (χ0n) is 11.6. The molecule has 114 valence electrons. The fourth-order valence-corrected chi connectivity index (χ4v) is 4.08. The summed E-state index contributed by atoms with van der Waals surface area (Å²) in [5.74, 6) is -0.168. The minimum Gasteiger partial charge on any atom is -0.481 e. The first-order valence-corrected chi connectivity index (χ1v) is 8.79. The highest BCUT2D eigenvalue weighted by atomic mass is 32.2. The van der Waals surface area contributed by atoms with Crippen LogP contribution in [0.2, 0.25) is 0 Å². The van der Waals surface area contributed by atoms with Crippen molar-refractivity contribution >= 4 is 22.8 Å². The van der Waals surface area contributed by atoms with Gasteiger partial charge in [0.25, 0.3) is 0 Å². The first-order chi connectivity index (χ1) is 9.49. The Morgan fingerprint density at radius 3 is 2.65 bits per heavy atom. The van der Waals surface area contributed by atoms with Crippen LogP contribution in [0.1, 0.15) is 25.7 Å². The van der Waals surface area contributed by atoms with Crippen molar-refractivity contribution in [3.8, 4) is 0 Å². The summed E-state index contributed by atoms with van der Waals surface area (Å²) in [4.78, 5) is 23.1. The van der Waals surface area contributed by atoms with Crippen molar-refractivity contribution < 1.29 is 18.9 Å². The lowest BCUT2D eigenvalue weighted by atomic mass is 9.84. The smallest absolute Gasteiger partial charge is 0.315 e. The van der Waals surface area contributed by atoms with E-state index in [9.17, 15) is 18.9 Å². The summed E-state index contributed by atoms with van der Waals surface area (Å²) >= 11 is 0. The average Bonchev–Trinajstić information content (AvgIpc) is 2.94. The van der Waals surface area contributed by atoms with Crippen LogP contribution in [-0.2, 0) is 15.6 Å². The van der Waals surface area contributed by atoms with Gasteiger partial charge in [-0.25, -0.2) is 4.79 Å². The Labute approximate surface area is 121 Å². The molecule has 0 aromatic heterocycles. The van der Waals surface area contributed by atoms with Crippen molar-refractivity contribution in [2.75, 3.05) is 18.6 Å². The molecule has 3 N–H and O–H groups in total. The molecule has 0 aromatic rings. The second kappa shape index (κ2) is 6.56. The van der Waals surface area contributed by atoms with Gasteiger partial charge < -0.3 is 15.7 Å². The van der Waals surface area contributed by atoms with Crippen molar-refractivity contribution in [2.24, 2.45) is 17.8 Å². The standard InChI is InChI=1S/C13H22N2O4S/c1-20(19)6-2-5-14-13(18)15-11-9-4-3-8(7-9)10(11)12(16)17/h8-11H,2-7H2,1H3,(H,16,17)(H2,14,15,18). The molecular formula is C13H22N2O4S. The second-order valence-corrected chi connectivity index (χ2v) is 7.31. The molecule has 0 aromatic carbocycles. The van der Waals surface area contributed by atoms with E-state index in [2.05, 4.69) is 10.6 Å². The van der Waals surface area contributed by atoms with Gasteiger partial charge in [-0.3, -0.25) is 9.00 Å². The first kappa shape index (κ1) is 15.3. The van der Waals surface area contributed by atoms with Gasteiger partial charge in [0.05, 0.1) is 5.92 Å². The van der Waals surface area contributed by atoms with Gasteiger partial charge in [-0.05, 0) is 37.5 Å². The SMILES string of the molecule is CS(=O)CCCNC(=O)NC1C2CCC(C2)C1C(=O)O. The Morgan fingerprint density at radius 2 is 2.00 bits per heavy atom. The van der Waals surface area contributed by atoms with Crippen molar-refractivity contribution in [2.45, 2.75) is 31.7 Å². The summed E-state index contributed by atoms with van der Waals surface area (Å²) in [6, 6.07) is -0.553. The normalized spacial score (nSPS) is 32.9. The summed E-state index contributed by atoms with van der Waals surface area (Å²) in [5, 5.41) is 14.8. The molecule has 2 bridgehead atoms. The van der Waals surface area contributed by atoms with Crippen LogP contribution in [-0.4, -0.2) is 45.9 Å². The van der Waals surface area contributed by atoms with E-state index in [1.165, 1.54) is 0 Å². The van der Waals surface area contributed by atoms with E-state index in [1.54, 1.807) is 6.26 Å². The molecule has 0 spiro atoms. The third-order valence-corrected chi connectivity index (χ3v) is 5.26. The van der Waals surface area contributed by atoms with Crippen LogP contribution in [0.3, 0.4) is 0 Å². The first-order valence-electron chi connectivity index (χ1n) is 7.06. The molecule has 2 rings (SSSR count). The minimum atomic E-state index is -0.847. The summed E-state index contributed by atoms with van der Waals surface area (Å²) in [6.45, 7) is 0.462. The van der Waals surface area contributed by atoms with Crippen molar-refractivity contribution in [1.29, 1.82) is 0 Å². The topological polar surface area (TPSA) is 95.5 Å². The summed E-state index contributed by atoms with van der Waals surface area (Å²) in [6.07, 6.45) is 5.18. The van der Waals surface area contributed by atoms with Gasteiger partial charge >= 0.3 is 12.0 Å². The number of rotatable bonds is 6. The molecule has 6 nitrogen and oxygen atoms in total. The third kappa shape index (κ3) is 3.50. The second-order valence-electron chi connectivity index (χ2n) is 5.75. The molecule has 2 aliphatic carbocycles. The predicted molar refractivity (Wildman–Crippen MR) is 75.8 cm³/mol. The number of carbonyl (C=O) groups excluding carboxylic acids is 1. The minimum absolute atomic E-state index is 0.213. The van der Waals surface area contributed by atoms with E-state index in [1.807, 2.05) is 0 Å². The lowest BCUT2D eigenvalue weighted by Crippen LogP contribution is -2.50. The van der Waals surface area contributed by atoms with Gasteiger partial charge in [-0.1, -0.05) is 0 Å². The van der Waals surface area contributed by atoms with Gasteiger partial charge in [0.1, 0.15) is 0 Å². The van der Waals surface area contributed by atoms with Crippen molar-refractivity contribution in [3.05, 3.63) is 0 Å². The van der Waals surface area contributed by atoms with Gasteiger partial charge in [0.15, 0.2) is 0 Å². The molecule has 2 fully saturated rings. The molecule has 0 radical (unpaired) electrons. The molecule has 2 amide bonds. The molecule has 0 heterocycles. The summed E-state index contributed by atoms with van der Waals surface area (Å²) < 4.78 is 10.9. The Balaban J connectivity index is 1.78. The Bertz CT molecular complexity index is 415. The van der Waals surface area contributed by atoms with Crippen molar-refractivity contribution in [1.82, 2.24) is 10.6 Å². The fourth-order valence-electron chi connectivity index (χ4n) is 3.53. The summed E-state index contributed by atoms with van der Waals surface area (Å²) in [7, 11) is -0.847. The molecular weight excluding hydrogens is 280 g/mol. The number of urea groups is 1. The molecule has 2 aliphatic rings. The van der Waals surface area contributed by atoms with Crippen LogP contribution >= 0.6 is 0 Å². The lowest BCUT2D eigenvalue weighted by Gasteiger charge is -2.28. The molecule has 20 heavy (non-hydrogen) atoms. The predicted octanol–water partition coefficient (Wildman–Crippen LogP) is 0.554. The van der Waals surface area contributed by atoms with Crippen LogP contribution in [0.15, 0.2) is 0 Å². The number of nitrogens with one attached hydrogen (secondary N) is 2. The molecule has 0 aliphatic heterocycles. The number of carboxylic acids is 1. The average molecular weight is 302 g/mol. The van der Waals surface area contributed by atoms with E-state index in [-0.39, 0.29) is 18.0 Å². The highest BCUT2D eigenvalue weighted by Gasteiger charge is 2.51. The quantitative estimate of drug-likeness (QED) is 0.625. The Kier molecular flexibility index (Phi) is 5.01. The Morgan fingerprint density at radius 1 is 1.30 bits per heavy atom. The van der Waals surface area contributed by atoms with Gasteiger partial charge in [-0.2, -0.15) is 0 Å². The zero-order chi connectivity index (χ0) is 14.7. The molecule has 5 unspecified atom stereocenters. The molecule has 5 atom stereocenters. The zero-order valence-corrected chi connectivity index (χ0v) is 12.4. The van der Waals surface area contributed by atoms with Gasteiger partial charge in [-0.15, -0.1) is 0 Å². The van der Waals surface area contributed by atoms with E-state index < -0.39 is 22.7 Å². The van der Waals surface area contributed by atoms with E-state index in [0.717, 1.165) is 19.3 Å². The number of hydrogen-bond donors (Lipinski definition) is 3. The maximum Gasteiger partial charge on any atom is 0.315 e. The molecule has 2 saturated carbocycles. The van der Waals surface area contributed by atoms with Crippen LogP contribution in [0, 0.1) is 17.8 Å². The monoisotopic (exact) mass is 302 g/mol.